The zero-order chi connectivity index (χ0) is 14.0. The molecule has 1 amide bonds. The largest absolute Gasteiger partial charge is 0.369 e. The van der Waals surface area contributed by atoms with Crippen molar-refractivity contribution in [1.82, 2.24) is 9.97 Å². The molecule has 0 aliphatic carbocycles. The number of nitrogens with two attached hydrogens (primary N) is 1. The third-order valence-electron chi connectivity index (χ3n) is 3.43. The van der Waals surface area contributed by atoms with Crippen molar-refractivity contribution in [2.24, 2.45) is 11.1 Å². The predicted octanol–water partition coefficient (Wildman–Crippen LogP) is 1.37. The number of rotatable bonds is 4. The summed E-state index contributed by atoms with van der Waals surface area (Å²) in [6.07, 6.45) is 2.47. The quantitative estimate of drug-likeness (QED) is 0.872. The molecule has 2 heterocycles. The van der Waals surface area contributed by atoms with Crippen LogP contribution in [-0.2, 0) is 4.79 Å². The van der Waals surface area contributed by atoms with E-state index in [-0.39, 0.29) is 5.91 Å². The van der Waals surface area contributed by atoms with Crippen LogP contribution in [0.4, 0.5) is 11.8 Å². The van der Waals surface area contributed by atoms with Crippen LogP contribution < -0.4 is 16.0 Å². The Morgan fingerprint density at radius 2 is 2.42 bits per heavy atom. The average molecular weight is 328 g/mol. The number of hydrogen-bond donors (Lipinski definition) is 2. The van der Waals surface area contributed by atoms with Crippen molar-refractivity contribution in [3.05, 3.63) is 10.7 Å². The first-order valence-corrected chi connectivity index (χ1v) is 7.07. The first-order chi connectivity index (χ1) is 8.96. The lowest BCUT2D eigenvalue weighted by Gasteiger charge is -2.22. The molecule has 0 radical (unpaired) electrons. The maximum atomic E-state index is 11.5. The fraction of sp³-hybridized carbons (Fsp3) is 0.583. The van der Waals surface area contributed by atoms with Crippen LogP contribution >= 0.6 is 15.9 Å². The summed E-state index contributed by atoms with van der Waals surface area (Å²) in [4.78, 5) is 22.2. The molecule has 2 rings (SSSR count). The van der Waals surface area contributed by atoms with E-state index >= 15 is 0 Å². The normalized spacial score (nSPS) is 22.6. The lowest BCUT2D eigenvalue weighted by molar-refractivity contribution is -0.125. The number of nitrogens with one attached hydrogen (secondary N) is 1. The molecule has 6 nitrogen and oxygen atoms in total. The van der Waals surface area contributed by atoms with Gasteiger partial charge in [-0.2, -0.15) is 4.98 Å². The van der Waals surface area contributed by atoms with Gasteiger partial charge in [0.25, 0.3) is 0 Å². The highest BCUT2D eigenvalue weighted by atomic mass is 79.9. The third kappa shape index (κ3) is 2.80. The summed E-state index contributed by atoms with van der Waals surface area (Å²) in [5, 5.41) is 3.08. The summed E-state index contributed by atoms with van der Waals surface area (Å²) < 4.78 is 0.822. The second-order valence-electron chi connectivity index (χ2n) is 4.99. The number of aromatic nitrogens is 2. The summed E-state index contributed by atoms with van der Waals surface area (Å²) in [5.74, 6) is 1.14. The second kappa shape index (κ2) is 5.32. The number of amides is 1. The molecule has 1 aromatic rings. The van der Waals surface area contributed by atoms with Gasteiger partial charge in [-0.15, -0.1) is 0 Å². The maximum absolute atomic E-state index is 11.5. The molecule has 1 aromatic heterocycles. The number of hydrogen-bond acceptors (Lipinski definition) is 5. The zero-order valence-electron chi connectivity index (χ0n) is 11.1. The lowest BCUT2D eigenvalue weighted by Crippen LogP contribution is -2.37. The minimum absolute atomic E-state index is 0.257. The molecule has 1 fully saturated rings. The van der Waals surface area contributed by atoms with Crippen LogP contribution in [-0.4, -0.2) is 35.5 Å². The zero-order valence-corrected chi connectivity index (χ0v) is 12.7. The van der Waals surface area contributed by atoms with Crippen molar-refractivity contribution in [2.45, 2.75) is 20.3 Å². The topological polar surface area (TPSA) is 84.1 Å². The molecule has 0 saturated carbocycles. The van der Waals surface area contributed by atoms with Gasteiger partial charge in [0.2, 0.25) is 11.9 Å². The van der Waals surface area contributed by atoms with Crippen molar-refractivity contribution < 1.29 is 4.79 Å². The average Bonchev–Trinajstić information content (AvgIpc) is 2.76. The van der Waals surface area contributed by atoms with E-state index < -0.39 is 5.41 Å². The van der Waals surface area contributed by atoms with E-state index in [9.17, 15) is 4.79 Å². The Kier molecular flexibility index (Phi) is 3.93. The predicted molar refractivity (Wildman–Crippen MR) is 78.0 cm³/mol. The molecular weight excluding hydrogens is 310 g/mol. The van der Waals surface area contributed by atoms with Crippen molar-refractivity contribution in [3.63, 3.8) is 0 Å². The van der Waals surface area contributed by atoms with Gasteiger partial charge >= 0.3 is 0 Å². The summed E-state index contributed by atoms with van der Waals surface area (Å²) in [6, 6.07) is 0. The van der Waals surface area contributed by atoms with Crippen LogP contribution in [0.5, 0.6) is 0 Å². The highest BCUT2D eigenvalue weighted by Crippen LogP contribution is 2.35. The number of halogens is 1. The van der Waals surface area contributed by atoms with Crippen LogP contribution in [0, 0.1) is 5.41 Å². The maximum Gasteiger partial charge on any atom is 0.225 e. The lowest BCUT2D eigenvalue weighted by atomic mass is 9.89. The van der Waals surface area contributed by atoms with Gasteiger partial charge in [-0.1, -0.05) is 0 Å². The molecule has 1 aliphatic heterocycles. The van der Waals surface area contributed by atoms with Crippen LogP contribution in [0.15, 0.2) is 10.7 Å². The molecule has 1 atom stereocenters. The molecule has 1 saturated heterocycles. The summed E-state index contributed by atoms with van der Waals surface area (Å²) in [5.41, 5.74) is 4.98. The Morgan fingerprint density at radius 3 is 3.00 bits per heavy atom. The van der Waals surface area contributed by atoms with Crippen LogP contribution in [0.1, 0.15) is 20.3 Å². The van der Waals surface area contributed by atoms with Crippen LogP contribution in [0.3, 0.4) is 0 Å². The van der Waals surface area contributed by atoms with Gasteiger partial charge in [0, 0.05) is 25.8 Å². The van der Waals surface area contributed by atoms with E-state index in [4.69, 9.17) is 5.73 Å². The molecule has 1 unspecified atom stereocenters. The molecule has 7 heteroatoms. The van der Waals surface area contributed by atoms with Gasteiger partial charge < -0.3 is 16.0 Å². The van der Waals surface area contributed by atoms with Gasteiger partial charge in [-0.05, 0) is 36.2 Å². The van der Waals surface area contributed by atoms with E-state index in [1.807, 2.05) is 13.8 Å². The third-order valence-corrected chi connectivity index (χ3v) is 3.99. The van der Waals surface area contributed by atoms with Crippen molar-refractivity contribution in [1.29, 1.82) is 0 Å². The number of carbonyl (C=O) groups is 1. The molecular formula is C12H18BrN5O. The standard InChI is InChI=1S/C12H18BrN5O/c1-3-15-11-16-6-8(13)9(17-11)18-5-4-12(2,7-18)10(14)19/h6H,3-5,7H2,1-2H3,(H2,14,19)(H,15,16,17). The van der Waals surface area contributed by atoms with Crippen LogP contribution in [0.2, 0.25) is 0 Å². The summed E-state index contributed by atoms with van der Waals surface area (Å²) >= 11 is 3.46. The van der Waals surface area contributed by atoms with Crippen molar-refractivity contribution >= 4 is 33.6 Å². The highest BCUT2D eigenvalue weighted by molar-refractivity contribution is 9.10. The van der Waals surface area contributed by atoms with E-state index in [1.54, 1.807) is 6.20 Å². The SMILES string of the molecule is CCNc1ncc(Br)c(N2CCC(C)(C(N)=O)C2)n1. The Hall–Kier alpha value is -1.37. The van der Waals surface area contributed by atoms with E-state index in [0.29, 0.717) is 12.5 Å². The summed E-state index contributed by atoms with van der Waals surface area (Å²) in [7, 11) is 0. The highest BCUT2D eigenvalue weighted by Gasteiger charge is 2.39. The smallest absolute Gasteiger partial charge is 0.225 e. The Morgan fingerprint density at radius 1 is 1.68 bits per heavy atom. The van der Waals surface area contributed by atoms with Gasteiger partial charge in [0.15, 0.2) is 0 Å². The van der Waals surface area contributed by atoms with Crippen molar-refractivity contribution in [2.75, 3.05) is 29.9 Å². The number of anilines is 2. The van der Waals surface area contributed by atoms with Gasteiger partial charge in [0.1, 0.15) is 5.82 Å². The van der Waals surface area contributed by atoms with Crippen molar-refractivity contribution in [3.8, 4) is 0 Å². The Labute approximate surface area is 120 Å². The number of primary amides is 1. The first-order valence-electron chi connectivity index (χ1n) is 6.27. The van der Waals surface area contributed by atoms with E-state index in [0.717, 1.165) is 29.8 Å². The Balaban J connectivity index is 2.23. The molecule has 1 aliphatic rings. The fourth-order valence-electron chi connectivity index (χ4n) is 2.17. The van der Waals surface area contributed by atoms with Crippen LogP contribution in [0.25, 0.3) is 0 Å². The molecule has 0 spiro atoms. The minimum Gasteiger partial charge on any atom is -0.369 e. The summed E-state index contributed by atoms with van der Waals surface area (Å²) in [6.45, 7) is 6.00. The Bertz CT molecular complexity index is 495. The van der Waals surface area contributed by atoms with Gasteiger partial charge in [-0.25, -0.2) is 4.98 Å². The fourth-order valence-corrected chi connectivity index (χ4v) is 2.61. The molecule has 104 valence electrons. The number of nitrogens with zero attached hydrogens (tertiary/aromatic N) is 3. The molecule has 19 heavy (non-hydrogen) atoms. The van der Waals surface area contributed by atoms with Gasteiger partial charge in [0.05, 0.1) is 9.89 Å². The molecule has 0 bridgehead atoms. The van der Waals surface area contributed by atoms with E-state index in [2.05, 4.69) is 36.1 Å². The minimum atomic E-state index is -0.483. The first kappa shape index (κ1) is 14.0. The monoisotopic (exact) mass is 327 g/mol. The molecule has 3 N–H and O–H groups in total. The number of carbonyl (C=O) groups excluding carboxylic acids is 1. The van der Waals surface area contributed by atoms with E-state index in [1.165, 1.54) is 0 Å². The molecule has 0 aromatic carbocycles. The van der Waals surface area contributed by atoms with Gasteiger partial charge in [-0.3, -0.25) is 4.79 Å². The second-order valence-corrected chi connectivity index (χ2v) is 5.85.